The molecule has 0 aliphatic carbocycles. The van der Waals surface area contributed by atoms with Crippen molar-refractivity contribution in [3.8, 4) is 0 Å². The molecule has 1 aromatic heterocycles. The van der Waals surface area contributed by atoms with Crippen LogP contribution in [0.4, 0.5) is 13.2 Å². The van der Waals surface area contributed by atoms with E-state index in [1.807, 2.05) is 0 Å². The summed E-state index contributed by atoms with van der Waals surface area (Å²) in [5.41, 5.74) is 4.41. The van der Waals surface area contributed by atoms with Gasteiger partial charge in [0.25, 0.3) is 0 Å². The maximum atomic E-state index is 12.3. The van der Waals surface area contributed by atoms with Crippen molar-refractivity contribution in [3.63, 3.8) is 0 Å². The second-order valence-electron chi connectivity index (χ2n) is 3.96. The number of likely N-dealkylation sites (N-methyl/N-ethyl adjacent to an activating group) is 1. The molecule has 0 unspecified atom stereocenters. The predicted octanol–water partition coefficient (Wildman–Crippen LogP) is 1.04. The van der Waals surface area contributed by atoms with Crippen molar-refractivity contribution in [2.24, 2.45) is 5.73 Å². The van der Waals surface area contributed by atoms with Crippen molar-refractivity contribution < 1.29 is 18.0 Å². The van der Waals surface area contributed by atoms with Gasteiger partial charge in [-0.2, -0.15) is 18.3 Å². The summed E-state index contributed by atoms with van der Waals surface area (Å²) in [6.45, 7) is 0.0610. The number of aromatic nitrogens is 2. The quantitative estimate of drug-likeness (QED) is 0.824. The number of nitrogens with zero attached hydrogens (tertiary/aromatic N) is 3. The van der Waals surface area contributed by atoms with Crippen molar-refractivity contribution in [2.75, 3.05) is 13.6 Å². The molecular weight excluding hydrogens is 281 g/mol. The lowest BCUT2D eigenvalue weighted by Gasteiger charge is -2.16. The minimum absolute atomic E-state index is 0.260. The molecular formula is C10H13F3N4OS. The molecule has 1 aromatic rings. The van der Waals surface area contributed by atoms with Gasteiger partial charge in [0.05, 0.1) is 16.7 Å². The molecule has 0 saturated heterocycles. The third-order valence-corrected chi connectivity index (χ3v) is 2.58. The van der Waals surface area contributed by atoms with Gasteiger partial charge >= 0.3 is 6.18 Å². The first-order valence-corrected chi connectivity index (χ1v) is 5.73. The summed E-state index contributed by atoms with van der Waals surface area (Å²) in [7, 11) is 1.52. The molecule has 0 aliphatic rings. The number of hydrogen-bond donors (Lipinski definition) is 1. The average Bonchev–Trinajstić information content (AvgIpc) is 2.73. The van der Waals surface area contributed by atoms with Gasteiger partial charge in [0.15, 0.2) is 0 Å². The Morgan fingerprint density at radius 3 is 2.68 bits per heavy atom. The van der Waals surface area contributed by atoms with Gasteiger partial charge in [0, 0.05) is 26.2 Å². The van der Waals surface area contributed by atoms with Gasteiger partial charge in [-0.25, -0.2) is 0 Å². The first-order chi connectivity index (χ1) is 8.70. The van der Waals surface area contributed by atoms with Gasteiger partial charge in [-0.3, -0.25) is 9.48 Å². The first-order valence-electron chi connectivity index (χ1n) is 5.32. The smallest absolute Gasteiger partial charge is 0.393 e. The Hall–Kier alpha value is -1.64. The number of alkyl halides is 3. The molecule has 1 amide bonds. The number of amides is 1. The zero-order chi connectivity index (χ0) is 14.6. The molecule has 0 aliphatic heterocycles. The van der Waals surface area contributed by atoms with Crippen LogP contribution in [-0.2, 0) is 17.5 Å². The van der Waals surface area contributed by atoms with Gasteiger partial charge in [0.2, 0.25) is 5.91 Å². The number of hydrogen-bond acceptors (Lipinski definition) is 3. The Balaban J connectivity index is 2.57. The average molecular weight is 294 g/mol. The SMILES string of the molecule is CN(CCC(N)=S)C(=O)Cn1cc(C(F)(F)F)cn1. The molecule has 5 nitrogen and oxygen atoms in total. The Morgan fingerprint density at radius 1 is 1.58 bits per heavy atom. The number of carbonyl (C=O) groups is 1. The standard InChI is InChI=1S/C10H13F3N4OS/c1-16(3-2-8(14)19)9(18)6-17-5-7(4-15-17)10(11,12)13/h4-5H,2-3,6H2,1H3,(H2,14,19). The zero-order valence-electron chi connectivity index (χ0n) is 10.1. The summed E-state index contributed by atoms with van der Waals surface area (Å²) in [6.07, 6.45) is -2.62. The normalized spacial score (nSPS) is 11.4. The fourth-order valence-electron chi connectivity index (χ4n) is 1.26. The molecule has 0 spiro atoms. The highest BCUT2D eigenvalue weighted by molar-refractivity contribution is 7.80. The topological polar surface area (TPSA) is 64.2 Å². The molecule has 1 rings (SSSR count). The lowest BCUT2D eigenvalue weighted by molar-refractivity contribution is -0.138. The summed E-state index contributed by atoms with van der Waals surface area (Å²) in [5.74, 6) is -0.368. The van der Waals surface area contributed by atoms with E-state index in [4.69, 9.17) is 5.73 Å². The zero-order valence-corrected chi connectivity index (χ0v) is 11.0. The minimum atomic E-state index is -4.46. The van der Waals surface area contributed by atoms with Crippen molar-refractivity contribution in [2.45, 2.75) is 19.1 Å². The molecule has 0 atom stereocenters. The van der Waals surface area contributed by atoms with E-state index in [1.165, 1.54) is 11.9 Å². The maximum absolute atomic E-state index is 12.3. The molecule has 0 bridgehead atoms. The van der Waals surface area contributed by atoms with Gasteiger partial charge in [-0.1, -0.05) is 12.2 Å². The molecule has 106 valence electrons. The molecule has 0 saturated carbocycles. The third-order valence-electron chi connectivity index (χ3n) is 2.38. The van der Waals surface area contributed by atoms with E-state index in [2.05, 4.69) is 17.3 Å². The Bertz CT molecular complexity index is 472. The van der Waals surface area contributed by atoms with Crippen LogP contribution < -0.4 is 5.73 Å². The highest BCUT2D eigenvalue weighted by atomic mass is 32.1. The Kier molecular flexibility index (Phi) is 4.87. The largest absolute Gasteiger partial charge is 0.419 e. The van der Waals surface area contributed by atoms with Crippen LogP contribution in [0.5, 0.6) is 0 Å². The van der Waals surface area contributed by atoms with Crippen LogP contribution in [0.2, 0.25) is 0 Å². The first kappa shape index (κ1) is 15.4. The van der Waals surface area contributed by atoms with Gasteiger partial charge < -0.3 is 10.6 Å². The monoisotopic (exact) mass is 294 g/mol. The van der Waals surface area contributed by atoms with Crippen molar-refractivity contribution in [1.29, 1.82) is 0 Å². The van der Waals surface area contributed by atoms with E-state index in [1.54, 1.807) is 0 Å². The fourth-order valence-corrected chi connectivity index (χ4v) is 1.35. The molecule has 0 radical (unpaired) electrons. The van der Waals surface area contributed by atoms with Gasteiger partial charge in [0.1, 0.15) is 6.54 Å². The Morgan fingerprint density at radius 2 is 2.21 bits per heavy atom. The lowest BCUT2D eigenvalue weighted by atomic mass is 10.3. The van der Waals surface area contributed by atoms with Crippen molar-refractivity contribution in [1.82, 2.24) is 14.7 Å². The van der Waals surface area contributed by atoms with Crippen LogP contribution >= 0.6 is 12.2 Å². The summed E-state index contributed by atoms with van der Waals surface area (Å²) in [4.78, 5) is 13.3. The number of rotatable bonds is 5. The van der Waals surface area contributed by atoms with E-state index in [0.29, 0.717) is 19.2 Å². The summed E-state index contributed by atoms with van der Waals surface area (Å²) < 4.78 is 37.9. The number of carbonyl (C=O) groups excluding carboxylic acids is 1. The lowest BCUT2D eigenvalue weighted by Crippen LogP contribution is -2.32. The second-order valence-corrected chi connectivity index (χ2v) is 4.48. The van der Waals surface area contributed by atoms with E-state index in [0.717, 1.165) is 10.9 Å². The number of halogens is 3. The highest BCUT2D eigenvalue weighted by Crippen LogP contribution is 2.28. The highest BCUT2D eigenvalue weighted by Gasteiger charge is 2.32. The van der Waals surface area contributed by atoms with Gasteiger partial charge in [-0.15, -0.1) is 0 Å². The van der Waals surface area contributed by atoms with E-state index >= 15 is 0 Å². The summed E-state index contributed by atoms with van der Waals surface area (Å²) in [5, 5.41) is 3.50. The molecule has 0 fully saturated rings. The predicted molar refractivity (Wildman–Crippen MR) is 66.3 cm³/mol. The van der Waals surface area contributed by atoms with Crippen LogP contribution in [0.25, 0.3) is 0 Å². The maximum Gasteiger partial charge on any atom is 0.419 e. The molecule has 1 heterocycles. The summed E-state index contributed by atoms with van der Waals surface area (Å²) >= 11 is 4.67. The number of nitrogens with two attached hydrogens (primary N) is 1. The van der Waals surface area contributed by atoms with E-state index < -0.39 is 11.7 Å². The third kappa shape index (κ3) is 4.86. The van der Waals surface area contributed by atoms with Crippen LogP contribution in [0, 0.1) is 0 Å². The molecule has 0 aromatic carbocycles. The van der Waals surface area contributed by atoms with E-state index in [9.17, 15) is 18.0 Å². The minimum Gasteiger partial charge on any atom is -0.393 e. The second kappa shape index (κ2) is 6.00. The molecule has 2 N–H and O–H groups in total. The Labute approximate surface area is 113 Å². The van der Waals surface area contributed by atoms with Crippen LogP contribution in [0.1, 0.15) is 12.0 Å². The molecule has 9 heteroatoms. The van der Waals surface area contributed by atoms with Crippen molar-refractivity contribution >= 4 is 23.1 Å². The van der Waals surface area contributed by atoms with Crippen LogP contribution in [0.15, 0.2) is 12.4 Å². The van der Waals surface area contributed by atoms with Gasteiger partial charge in [-0.05, 0) is 0 Å². The van der Waals surface area contributed by atoms with E-state index in [-0.39, 0.29) is 17.4 Å². The number of thiocarbonyl (C=S) groups is 1. The fraction of sp³-hybridized carbons (Fsp3) is 0.500. The molecule has 19 heavy (non-hydrogen) atoms. The van der Waals surface area contributed by atoms with Crippen molar-refractivity contribution in [3.05, 3.63) is 18.0 Å². The van der Waals surface area contributed by atoms with Crippen LogP contribution in [-0.4, -0.2) is 39.2 Å². The van der Waals surface area contributed by atoms with Crippen LogP contribution in [0.3, 0.4) is 0 Å². The summed E-state index contributed by atoms with van der Waals surface area (Å²) in [6, 6.07) is 0.